The lowest BCUT2D eigenvalue weighted by atomic mass is 9.82. The Bertz CT molecular complexity index is 3260. The number of para-hydroxylation sites is 1. The highest BCUT2D eigenvalue weighted by Crippen LogP contribution is 2.54. The smallest absolute Gasteiger partial charge is 0.159 e. The molecule has 2 nitrogen and oxygen atoms in total. The molecule has 0 radical (unpaired) electrons. The molecular weight excluding hydrogens is 727 g/mol. The van der Waals surface area contributed by atoms with Gasteiger partial charge >= 0.3 is 0 Å². The van der Waals surface area contributed by atoms with Crippen molar-refractivity contribution in [3.05, 3.63) is 210 Å². The minimum atomic E-state index is -0.144. The lowest BCUT2D eigenvalue weighted by Gasteiger charge is -2.29. The molecular formula is C58H43NO. The third-order valence-electron chi connectivity index (χ3n) is 13.7. The Hall–Kier alpha value is -7.16. The normalized spacial score (nSPS) is 14.3. The number of benzene rings is 9. The van der Waals surface area contributed by atoms with Crippen molar-refractivity contribution in [3.8, 4) is 44.5 Å². The number of anilines is 3. The summed E-state index contributed by atoms with van der Waals surface area (Å²) in [5.74, 6) is 0. The summed E-state index contributed by atoms with van der Waals surface area (Å²) in [7, 11) is 0. The summed E-state index contributed by atoms with van der Waals surface area (Å²) in [4.78, 5) is 2.44. The third kappa shape index (κ3) is 4.94. The molecule has 1 heterocycles. The summed E-state index contributed by atoms with van der Waals surface area (Å²) in [5.41, 5.74) is 20.1. The fourth-order valence-corrected chi connectivity index (χ4v) is 10.6. The Morgan fingerprint density at radius 2 is 0.867 bits per heavy atom. The standard InChI is InChI=1S/C58H43NO/c1-57(2)49-22-12-10-18-42(49)44-31-29-39(33-51(44)57)59(40-30-32-45-43-19-11-13-23-50(43)58(3,4)52(45)34-40)53-24-14-21-47-55-46-20-9-8-17-41(46)48(35-54(55)60-56(47)53)38-27-25-37(26-28-38)36-15-6-5-7-16-36/h5-35H,1-4H3. The van der Waals surface area contributed by atoms with E-state index in [9.17, 15) is 0 Å². The van der Waals surface area contributed by atoms with Crippen LogP contribution in [-0.4, -0.2) is 0 Å². The van der Waals surface area contributed by atoms with Crippen LogP contribution in [0.1, 0.15) is 49.9 Å². The first kappa shape index (κ1) is 34.8. The average molecular weight is 770 g/mol. The summed E-state index contributed by atoms with van der Waals surface area (Å²) in [6.45, 7) is 9.44. The predicted octanol–water partition coefficient (Wildman–Crippen LogP) is 16.2. The highest BCUT2D eigenvalue weighted by Gasteiger charge is 2.38. The van der Waals surface area contributed by atoms with Gasteiger partial charge in [-0.2, -0.15) is 0 Å². The topological polar surface area (TPSA) is 16.4 Å². The van der Waals surface area contributed by atoms with E-state index in [1.807, 2.05) is 0 Å². The summed E-state index contributed by atoms with van der Waals surface area (Å²) in [5, 5.41) is 4.65. The fraction of sp³-hybridized carbons (Fsp3) is 0.103. The van der Waals surface area contributed by atoms with Crippen LogP contribution in [0.25, 0.3) is 77.2 Å². The molecule has 12 rings (SSSR count). The number of rotatable bonds is 5. The largest absolute Gasteiger partial charge is 0.454 e. The van der Waals surface area contributed by atoms with Crippen molar-refractivity contribution in [1.29, 1.82) is 0 Å². The highest BCUT2D eigenvalue weighted by atomic mass is 16.3. The Labute approximate surface area is 351 Å². The first-order chi connectivity index (χ1) is 29.3. The van der Waals surface area contributed by atoms with Crippen molar-refractivity contribution in [2.45, 2.75) is 38.5 Å². The van der Waals surface area contributed by atoms with E-state index in [-0.39, 0.29) is 10.8 Å². The van der Waals surface area contributed by atoms with Gasteiger partial charge < -0.3 is 9.32 Å². The molecule has 0 spiro atoms. The van der Waals surface area contributed by atoms with E-state index in [0.29, 0.717) is 0 Å². The summed E-state index contributed by atoms with van der Waals surface area (Å²) < 4.78 is 7.20. The number of hydrogen-bond donors (Lipinski definition) is 0. The summed E-state index contributed by atoms with van der Waals surface area (Å²) in [6, 6.07) is 69.1. The lowest BCUT2D eigenvalue weighted by Crippen LogP contribution is -2.18. The highest BCUT2D eigenvalue weighted by molar-refractivity contribution is 6.23. The van der Waals surface area contributed by atoms with E-state index >= 15 is 0 Å². The van der Waals surface area contributed by atoms with Crippen LogP contribution in [0.2, 0.25) is 0 Å². The van der Waals surface area contributed by atoms with Crippen LogP contribution < -0.4 is 4.90 Å². The Morgan fingerprint density at radius 3 is 1.50 bits per heavy atom. The van der Waals surface area contributed by atoms with Crippen molar-refractivity contribution in [2.24, 2.45) is 0 Å². The Kier molecular flexibility index (Phi) is 7.36. The van der Waals surface area contributed by atoms with Crippen molar-refractivity contribution >= 4 is 49.8 Å². The molecule has 0 bridgehead atoms. The zero-order chi connectivity index (χ0) is 40.3. The van der Waals surface area contributed by atoms with Gasteiger partial charge in [-0.15, -0.1) is 0 Å². The number of nitrogens with zero attached hydrogens (tertiary/aromatic N) is 1. The lowest BCUT2D eigenvalue weighted by molar-refractivity contribution is 0.659. The molecule has 9 aromatic carbocycles. The Balaban J connectivity index is 1.08. The van der Waals surface area contributed by atoms with Gasteiger partial charge in [-0.25, -0.2) is 0 Å². The molecule has 2 aliphatic rings. The zero-order valence-corrected chi connectivity index (χ0v) is 34.3. The quantitative estimate of drug-likeness (QED) is 0.173. The first-order valence-electron chi connectivity index (χ1n) is 21.1. The van der Waals surface area contributed by atoms with E-state index in [4.69, 9.17) is 4.42 Å². The van der Waals surface area contributed by atoms with Gasteiger partial charge in [0.1, 0.15) is 5.58 Å². The molecule has 1 aromatic heterocycles. The molecule has 10 aromatic rings. The number of furan rings is 1. The van der Waals surface area contributed by atoms with E-state index < -0.39 is 0 Å². The van der Waals surface area contributed by atoms with Crippen molar-refractivity contribution in [3.63, 3.8) is 0 Å². The van der Waals surface area contributed by atoms with Gasteiger partial charge in [0.05, 0.1) is 5.69 Å². The molecule has 0 saturated carbocycles. The molecule has 0 amide bonds. The van der Waals surface area contributed by atoms with Crippen LogP contribution in [0.5, 0.6) is 0 Å². The average Bonchev–Trinajstić information content (AvgIpc) is 3.87. The summed E-state index contributed by atoms with van der Waals surface area (Å²) >= 11 is 0. The molecule has 0 saturated heterocycles. The van der Waals surface area contributed by atoms with E-state index in [0.717, 1.165) is 44.6 Å². The van der Waals surface area contributed by atoms with Crippen LogP contribution >= 0.6 is 0 Å². The number of hydrogen-bond acceptors (Lipinski definition) is 2. The van der Waals surface area contributed by atoms with Crippen LogP contribution in [0.4, 0.5) is 17.1 Å². The maximum absolute atomic E-state index is 7.20. The fourth-order valence-electron chi connectivity index (χ4n) is 10.6. The SMILES string of the molecule is CC1(C)c2ccccc2-c2ccc(N(c3ccc4c(c3)C(C)(C)c3ccccc3-4)c3cccc4c3oc3cc(-c5ccc(-c6ccccc6)cc5)c5ccccc5c34)cc21. The van der Waals surface area contributed by atoms with Crippen LogP contribution in [0.3, 0.4) is 0 Å². The Morgan fingerprint density at radius 1 is 0.367 bits per heavy atom. The molecule has 0 aliphatic heterocycles. The molecule has 2 heteroatoms. The van der Waals surface area contributed by atoms with Gasteiger partial charge in [0, 0.05) is 33.0 Å². The zero-order valence-electron chi connectivity index (χ0n) is 34.3. The summed E-state index contributed by atoms with van der Waals surface area (Å²) in [6.07, 6.45) is 0. The van der Waals surface area contributed by atoms with Gasteiger partial charge in [-0.3, -0.25) is 0 Å². The minimum Gasteiger partial charge on any atom is -0.454 e. The maximum atomic E-state index is 7.20. The maximum Gasteiger partial charge on any atom is 0.159 e. The van der Waals surface area contributed by atoms with Crippen LogP contribution in [0, 0.1) is 0 Å². The van der Waals surface area contributed by atoms with Crippen LogP contribution in [-0.2, 0) is 10.8 Å². The minimum absolute atomic E-state index is 0.144. The van der Waals surface area contributed by atoms with E-state index in [1.54, 1.807) is 0 Å². The molecule has 0 unspecified atom stereocenters. The second kappa shape index (κ2) is 12.7. The molecule has 60 heavy (non-hydrogen) atoms. The van der Waals surface area contributed by atoms with Gasteiger partial charge in [-0.05, 0) is 114 Å². The molecule has 0 N–H and O–H groups in total. The van der Waals surface area contributed by atoms with Crippen molar-refractivity contribution in [2.75, 3.05) is 4.90 Å². The van der Waals surface area contributed by atoms with Crippen molar-refractivity contribution < 1.29 is 4.42 Å². The molecule has 2 aliphatic carbocycles. The predicted molar refractivity (Wildman–Crippen MR) is 252 cm³/mol. The van der Waals surface area contributed by atoms with Crippen LogP contribution in [0.15, 0.2) is 192 Å². The first-order valence-corrected chi connectivity index (χ1v) is 21.1. The van der Waals surface area contributed by atoms with Gasteiger partial charge in [0.25, 0.3) is 0 Å². The van der Waals surface area contributed by atoms with E-state index in [2.05, 4.69) is 221 Å². The van der Waals surface area contributed by atoms with Gasteiger partial charge in [0.2, 0.25) is 0 Å². The van der Waals surface area contributed by atoms with Gasteiger partial charge in [0.15, 0.2) is 5.58 Å². The van der Waals surface area contributed by atoms with Gasteiger partial charge in [-0.1, -0.05) is 179 Å². The second-order valence-corrected chi connectivity index (χ2v) is 17.7. The molecule has 286 valence electrons. The third-order valence-corrected chi connectivity index (χ3v) is 13.7. The molecule has 0 atom stereocenters. The number of fused-ring (bicyclic) bond motifs is 11. The van der Waals surface area contributed by atoms with Crippen molar-refractivity contribution in [1.82, 2.24) is 0 Å². The molecule has 0 fully saturated rings. The van der Waals surface area contributed by atoms with E-state index in [1.165, 1.54) is 72.0 Å². The monoisotopic (exact) mass is 769 g/mol. The second-order valence-electron chi connectivity index (χ2n) is 17.7.